The maximum atomic E-state index is 14.0. The van der Waals surface area contributed by atoms with Crippen LogP contribution in [0.1, 0.15) is 18.9 Å². The molecule has 0 aliphatic carbocycles. The van der Waals surface area contributed by atoms with Crippen molar-refractivity contribution in [1.29, 1.82) is 0 Å². The van der Waals surface area contributed by atoms with E-state index in [9.17, 15) is 12.8 Å². The van der Waals surface area contributed by atoms with Gasteiger partial charge in [0.1, 0.15) is 10.7 Å². The Kier molecular flexibility index (Phi) is 4.92. The van der Waals surface area contributed by atoms with Gasteiger partial charge in [0.25, 0.3) is 10.0 Å². The molecule has 0 bridgehead atoms. The standard InChI is InChI=1S/C13H17FN4O2S/c1-2-5-15-7-10-3-4-13(12(14)6-10)21(19,20)18-11-8-16-17-9-11/h3-4,6,8-9,15,18H,2,5,7H2,1H3,(H,16,17). The fourth-order valence-corrected chi connectivity index (χ4v) is 2.89. The molecule has 0 fully saturated rings. The molecule has 1 heterocycles. The second kappa shape index (κ2) is 6.68. The SMILES string of the molecule is CCCNCc1ccc(S(=O)(=O)Nc2cn[nH]c2)c(F)c1. The van der Waals surface area contributed by atoms with Gasteiger partial charge in [-0.15, -0.1) is 0 Å². The average molecular weight is 312 g/mol. The van der Waals surface area contributed by atoms with E-state index in [2.05, 4.69) is 20.2 Å². The summed E-state index contributed by atoms with van der Waals surface area (Å²) in [6.45, 7) is 3.36. The summed E-state index contributed by atoms with van der Waals surface area (Å²) >= 11 is 0. The molecule has 0 unspecified atom stereocenters. The van der Waals surface area contributed by atoms with Crippen LogP contribution in [0.2, 0.25) is 0 Å². The lowest BCUT2D eigenvalue weighted by molar-refractivity contribution is 0.567. The summed E-state index contributed by atoms with van der Waals surface area (Å²) < 4.78 is 40.4. The highest BCUT2D eigenvalue weighted by Crippen LogP contribution is 2.19. The first-order chi connectivity index (χ1) is 10.0. The van der Waals surface area contributed by atoms with Crippen LogP contribution in [0.4, 0.5) is 10.1 Å². The van der Waals surface area contributed by atoms with Crippen LogP contribution in [-0.4, -0.2) is 25.2 Å². The third-order valence-corrected chi connectivity index (χ3v) is 4.21. The fourth-order valence-electron chi connectivity index (χ4n) is 1.80. The Labute approximate surface area is 122 Å². The lowest BCUT2D eigenvalue weighted by Gasteiger charge is -2.09. The number of anilines is 1. The lowest BCUT2D eigenvalue weighted by atomic mass is 10.2. The van der Waals surface area contributed by atoms with Crippen LogP contribution >= 0.6 is 0 Å². The van der Waals surface area contributed by atoms with E-state index in [0.717, 1.165) is 13.0 Å². The summed E-state index contributed by atoms with van der Waals surface area (Å²) in [4.78, 5) is -0.386. The third kappa shape index (κ3) is 4.02. The molecule has 2 rings (SSSR count). The highest BCUT2D eigenvalue weighted by atomic mass is 32.2. The molecule has 0 saturated heterocycles. The van der Waals surface area contributed by atoms with Crippen molar-refractivity contribution in [2.45, 2.75) is 24.8 Å². The molecule has 3 N–H and O–H groups in total. The molecule has 0 atom stereocenters. The fraction of sp³-hybridized carbons (Fsp3) is 0.308. The van der Waals surface area contributed by atoms with Gasteiger partial charge in [-0.1, -0.05) is 13.0 Å². The molecule has 0 amide bonds. The largest absolute Gasteiger partial charge is 0.313 e. The molecule has 2 aromatic rings. The molecule has 1 aromatic carbocycles. The molecule has 6 nitrogen and oxygen atoms in total. The number of hydrogen-bond acceptors (Lipinski definition) is 4. The summed E-state index contributed by atoms with van der Waals surface area (Å²) in [6.07, 6.45) is 3.65. The zero-order valence-corrected chi connectivity index (χ0v) is 12.4. The van der Waals surface area contributed by atoms with Crippen molar-refractivity contribution in [3.8, 4) is 0 Å². The van der Waals surface area contributed by atoms with Gasteiger partial charge < -0.3 is 5.32 Å². The molecular weight excluding hydrogens is 295 g/mol. The van der Waals surface area contributed by atoms with Gasteiger partial charge in [-0.3, -0.25) is 9.82 Å². The second-order valence-corrected chi connectivity index (χ2v) is 6.18. The van der Waals surface area contributed by atoms with Crippen LogP contribution in [0, 0.1) is 5.82 Å². The molecule has 21 heavy (non-hydrogen) atoms. The van der Waals surface area contributed by atoms with Crippen molar-refractivity contribution < 1.29 is 12.8 Å². The van der Waals surface area contributed by atoms with Gasteiger partial charge >= 0.3 is 0 Å². The average Bonchev–Trinajstić information content (AvgIpc) is 2.91. The predicted molar refractivity (Wildman–Crippen MR) is 77.8 cm³/mol. The van der Waals surface area contributed by atoms with Gasteiger partial charge in [0.2, 0.25) is 0 Å². The van der Waals surface area contributed by atoms with Crippen molar-refractivity contribution in [1.82, 2.24) is 15.5 Å². The number of H-pyrrole nitrogens is 1. The van der Waals surface area contributed by atoms with Gasteiger partial charge in [-0.2, -0.15) is 5.10 Å². The van der Waals surface area contributed by atoms with E-state index >= 15 is 0 Å². The number of halogens is 1. The first-order valence-corrected chi connectivity index (χ1v) is 8.02. The Bertz CT molecular complexity index is 686. The number of aromatic nitrogens is 2. The van der Waals surface area contributed by atoms with E-state index in [1.807, 2.05) is 6.92 Å². The van der Waals surface area contributed by atoms with Crippen molar-refractivity contribution in [2.75, 3.05) is 11.3 Å². The van der Waals surface area contributed by atoms with Crippen molar-refractivity contribution in [2.24, 2.45) is 0 Å². The smallest absolute Gasteiger partial charge is 0.264 e. The van der Waals surface area contributed by atoms with E-state index in [1.165, 1.54) is 24.5 Å². The number of sulfonamides is 1. The summed E-state index contributed by atoms with van der Waals surface area (Å²) in [6, 6.07) is 4.09. The Morgan fingerprint density at radius 2 is 2.19 bits per heavy atom. The number of rotatable bonds is 7. The van der Waals surface area contributed by atoms with Gasteiger partial charge in [-0.05, 0) is 30.7 Å². The molecule has 1 aromatic heterocycles. The van der Waals surface area contributed by atoms with E-state index < -0.39 is 15.8 Å². The van der Waals surface area contributed by atoms with Crippen molar-refractivity contribution in [3.63, 3.8) is 0 Å². The van der Waals surface area contributed by atoms with Crippen LogP contribution < -0.4 is 10.0 Å². The molecule has 0 aliphatic heterocycles. The minimum atomic E-state index is -3.96. The molecule has 114 valence electrons. The number of nitrogens with one attached hydrogen (secondary N) is 3. The first-order valence-electron chi connectivity index (χ1n) is 6.53. The molecular formula is C13H17FN4O2S. The van der Waals surface area contributed by atoms with Crippen LogP contribution in [0.15, 0.2) is 35.5 Å². The number of aromatic amines is 1. The maximum absolute atomic E-state index is 14.0. The van der Waals surface area contributed by atoms with Crippen LogP contribution in [0.5, 0.6) is 0 Å². The van der Waals surface area contributed by atoms with E-state index in [-0.39, 0.29) is 10.6 Å². The second-order valence-electron chi connectivity index (χ2n) is 4.53. The Hall–Kier alpha value is -1.93. The summed E-state index contributed by atoms with van der Waals surface area (Å²) in [5.74, 6) is -0.776. The summed E-state index contributed by atoms with van der Waals surface area (Å²) in [5.41, 5.74) is 0.950. The quantitative estimate of drug-likeness (QED) is 0.681. The molecule has 0 radical (unpaired) electrons. The lowest BCUT2D eigenvalue weighted by Crippen LogP contribution is -2.16. The van der Waals surface area contributed by atoms with Crippen molar-refractivity contribution in [3.05, 3.63) is 42.0 Å². The zero-order valence-electron chi connectivity index (χ0n) is 11.6. The molecule has 0 aliphatic rings. The number of hydrogen-bond donors (Lipinski definition) is 3. The van der Waals surface area contributed by atoms with E-state index in [4.69, 9.17) is 0 Å². The van der Waals surface area contributed by atoms with Crippen LogP contribution in [0.3, 0.4) is 0 Å². The topological polar surface area (TPSA) is 86.9 Å². The molecule has 0 spiro atoms. The highest BCUT2D eigenvalue weighted by molar-refractivity contribution is 7.92. The third-order valence-electron chi connectivity index (χ3n) is 2.79. The minimum absolute atomic E-state index is 0.253. The van der Waals surface area contributed by atoms with E-state index in [0.29, 0.717) is 12.1 Å². The van der Waals surface area contributed by atoms with E-state index in [1.54, 1.807) is 6.07 Å². The zero-order chi connectivity index (χ0) is 15.3. The monoisotopic (exact) mass is 312 g/mol. The van der Waals surface area contributed by atoms with Gasteiger partial charge in [0.15, 0.2) is 0 Å². The highest BCUT2D eigenvalue weighted by Gasteiger charge is 2.19. The Morgan fingerprint density at radius 3 is 2.81 bits per heavy atom. The van der Waals surface area contributed by atoms with Crippen LogP contribution in [-0.2, 0) is 16.6 Å². The number of benzene rings is 1. The number of nitrogens with zero attached hydrogens (tertiary/aromatic N) is 1. The van der Waals surface area contributed by atoms with Gasteiger partial charge in [-0.25, -0.2) is 12.8 Å². The van der Waals surface area contributed by atoms with Gasteiger partial charge in [0, 0.05) is 12.7 Å². The Balaban J connectivity index is 2.16. The summed E-state index contributed by atoms with van der Waals surface area (Å²) in [7, 11) is -3.96. The van der Waals surface area contributed by atoms with Crippen molar-refractivity contribution >= 4 is 15.7 Å². The predicted octanol–water partition coefficient (Wildman–Crippen LogP) is 1.85. The van der Waals surface area contributed by atoms with Gasteiger partial charge in [0.05, 0.1) is 11.9 Å². The normalized spacial score (nSPS) is 11.5. The summed E-state index contributed by atoms with van der Waals surface area (Å²) in [5, 5.41) is 9.23. The Morgan fingerprint density at radius 1 is 1.38 bits per heavy atom. The maximum Gasteiger partial charge on any atom is 0.264 e. The first kappa shape index (κ1) is 15.5. The van der Waals surface area contributed by atoms with Crippen LogP contribution in [0.25, 0.3) is 0 Å². The molecule has 0 saturated carbocycles. The molecule has 8 heteroatoms. The minimum Gasteiger partial charge on any atom is -0.313 e.